The summed E-state index contributed by atoms with van der Waals surface area (Å²) in [5.41, 5.74) is 4.30. The van der Waals surface area contributed by atoms with Gasteiger partial charge in [-0.05, 0) is 49.2 Å². The summed E-state index contributed by atoms with van der Waals surface area (Å²) in [6.07, 6.45) is 0. The molecule has 0 spiro atoms. The number of anilines is 1. The summed E-state index contributed by atoms with van der Waals surface area (Å²) in [7, 11) is 1.60. The van der Waals surface area contributed by atoms with Gasteiger partial charge in [-0.25, -0.2) is 4.98 Å². The molecule has 1 amide bonds. The molecule has 158 valence electrons. The van der Waals surface area contributed by atoms with Crippen LogP contribution in [0.4, 0.5) is 5.13 Å². The van der Waals surface area contributed by atoms with Gasteiger partial charge in [-0.2, -0.15) is 0 Å². The van der Waals surface area contributed by atoms with Crippen molar-refractivity contribution < 1.29 is 9.53 Å². The van der Waals surface area contributed by atoms with Crippen LogP contribution in [0.1, 0.15) is 21.5 Å². The minimum atomic E-state index is -0.0623. The lowest BCUT2D eigenvalue weighted by Gasteiger charge is -2.34. The average Bonchev–Trinajstić information content (AvgIpc) is 3.18. The van der Waals surface area contributed by atoms with Gasteiger partial charge in [0.2, 0.25) is 0 Å². The smallest absolute Gasteiger partial charge is 0.251 e. The fourth-order valence-corrected chi connectivity index (χ4v) is 4.92. The van der Waals surface area contributed by atoms with Gasteiger partial charge in [-0.15, -0.1) is 0 Å². The number of amides is 1. The van der Waals surface area contributed by atoms with Gasteiger partial charge in [0.05, 0.1) is 17.3 Å². The van der Waals surface area contributed by atoms with Crippen molar-refractivity contribution in [3.8, 4) is 5.75 Å². The molecule has 0 saturated carbocycles. The number of hydrogen-bond acceptors (Lipinski definition) is 6. The molecule has 1 fully saturated rings. The summed E-state index contributed by atoms with van der Waals surface area (Å²) in [6, 6.07) is 11.6. The minimum Gasteiger partial charge on any atom is -0.497 e. The Morgan fingerprint density at radius 2 is 1.97 bits per heavy atom. The zero-order chi connectivity index (χ0) is 21.1. The van der Waals surface area contributed by atoms with Crippen LogP contribution in [0, 0.1) is 13.8 Å². The zero-order valence-corrected chi connectivity index (χ0v) is 18.6. The molecular weight excluding hydrogens is 396 g/mol. The number of thiazole rings is 1. The monoisotopic (exact) mass is 424 g/mol. The number of hydrogen-bond donors (Lipinski definition) is 1. The van der Waals surface area contributed by atoms with Gasteiger partial charge < -0.3 is 15.0 Å². The molecule has 0 aliphatic carbocycles. The number of methoxy groups -OCH3 is 1. The van der Waals surface area contributed by atoms with Crippen LogP contribution in [-0.4, -0.2) is 62.2 Å². The van der Waals surface area contributed by atoms with E-state index in [-0.39, 0.29) is 5.91 Å². The molecular formula is C23H28N4O2S. The summed E-state index contributed by atoms with van der Waals surface area (Å²) in [4.78, 5) is 22.0. The van der Waals surface area contributed by atoms with Gasteiger partial charge in [0.15, 0.2) is 5.13 Å². The minimum absolute atomic E-state index is 0.0623. The number of fused-ring (bicyclic) bond motifs is 1. The van der Waals surface area contributed by atoms with Gasteiger partial charge in [-0.3, -0.25) is 9.69 Å². The van der Waals surface area contributed by atoms with Gasteiger partial charge in [-0.1, -0.05) is 23.5 Å². The van der Waals surface area contributed by atoms with Crippen molar-refractivity contribution >= 4 is 32.6 Å². The average molecular weight is 425 g/mol. The summed E-state index contributed by atoms with van der Waals surface area (Å²) >= 11 is 1.79. The van der Waals surface area contributed by atoms with Crippen LogP contribution in [0.3, 0.4) is 0 Å². The predicted octanol–water partition coefficient (Wildman–Crippen LogP) is 3.47. The standard InChI is InChI=1S/C23H28N4O2S/c1-16-13-17(2)21-20(14-16)25-23(30-21)27-11-9-26(10-12-27)8-7-24-22(28)18-5-4-6-19(15-18)29-3/h4-6,13-15H,7-12H2,1-3H3,(H,24,28). The number of piperazine rings is 1. The Bertz CT molecular complexity index is 1040. The molecule has 4 rings (SSSR count). The fourth-order valence-electron chi connectivity index (χ4n) is 3.86. The Kier molecular flexibility index (Phi) is 6.20. The van der Waals surface area contributed by atoms with Gasteiger partial charge in [0.25, 0.3) is 5.91 Å². The van der Waals surface area contributed by atoms with Crippen molar-refractivity contribution in [1.82, 2.24) is 15.2 Å². The largest absolute Gasteiger partial charge is 0.497 e. The third kappa shape index (κ3) is 4.57. The third-order valence-electron chi connectivity index (χ3n) is 5.50. The lowest BCUT2D eigenvalue weighted by molar-refractivity contribution is 0.0947. The molecule has 0 radical (unpaired) electrons. The molecule has 1 N–H and O–H groups in total. The highest BCUT2D eigenvalue weighted by atomic mass is 32.1. The summed E-state index contributed by atoms with van der Waals surface area (Å²) in [5, 5.41) is 4.13. The Hall–Kier alpha value is -2.64. The maximum Gasteiger partial charge on any atom is 0.251 e. The van der Waals surface area contributed by atoms with E-state index in [4.69, 9.17) is 9.72 Å². The lowest BCUT2D eigenvalue weighted by atomic mass is 10.1. The SMILES string of the molecule is COc1cccc(C(=O)NCCN2CCN(c3nc4cc(C)cc(C)c4s3)CC2)c1. The summed E-state index contributed by atoms with van der Waals surface area (Å²) in [5.74, 6) is 0.631. The van der Waals surface area contributed by atoms with Crippen LogP contribution < -0.4 is 15.0 Å². The number of nitrogens with one attached hydrogen (secondary N) is 1. The molecule has 2 aromatic carbocycles. The maximum atomic E-state index is 12.3. The van der Waals surface area contributed by atoms with Gasteiger partial charge in [0, 0.05) is 44.8 Å². The van der Waals surface area contributed by atoms with Gasteiger partial charge in [0.1, 0.15) is 5.75 Å². The van der Waals surface area contributed by atoms with E-state index in [2.05, 4.69) is 41.1 Å². The van der Waals surface area contributed by atoms with Crippen molar-refractivity contribution in [2.75, 3.05) is 51.3 Å². The molecule has 7 heteroatoms. The molecule has 1 aliphatic rings. The van der Waals surface area contributed by atoms with Crippen LogP contribution >= 0.6 is 11.3 Å². The Labute approximate surface area is 181 Å². The molecule has 0 unspecified atom stereocenters. The number of benzene rings is 2. The van der Waals surface area contributed by atoms with E-state index in [1.165, 1.54) is 15.8 Å². The first-order valence-electron chi connectivity index (χ1n) is 10.3. The molecule has 1 saturated heterocycles. The number of carbonyl (C=O) groups excluding carboxylic acids is 1. The normalized spacial score (nSPS) is 14.8. The summed E-state index contributed by atoms with van der Waals surface area (Å²) < 4.78 is 6.48. The molecule has 1 aliphatic heterocycles. The van der Waals surface area contributed by atoms with Crippen LogP contribution in [0.2, 0.25) is 0 Å². The van der Waals surface area contributed by atoms with Crippen LogP contribution in [0.5, 0.6) is 5.75 Å². The number of aryl methyl sites for hydroxylation is 2. The Morgan fingerprint density at radius 3 is 2.73 bits per heavy atom. The van der Waals surface area contributed by atoms with E-state index < -0.39 is 0 Å². The van der Waals surface area contributed by atoms with Crippen molar-refractivity contribution in [3.63, 3.8) is 0 Å². The highest BCUT2D eigenvalue weighted by Gasteiger charge is 2.20. The highest BCUT2D eigenvalue weighted by molar-refractivity contribution is 7.22. The molecule has 0 bridgehead atoms. The second-order valence-electron chi connectivity index (χ2n) is 7.74. The molecule has 1 aromatic heterocycles. The lowest BCUT2D eigenvalue weighted by Crippen LogP contribution is -2.48. The molecule has 2 heterocycles. The number of nitrogens with zero attached hydrogens (tertiary/aromatic N) is 3. The van der Waals surface area contributed by atoms with Crippen molar-refractivity contribution in [1.29, 1.82) is 0 Å². The first-order chi connectivity index (χ1) is 14.5. The van der Waals surface area contributed by atoms with E-state index >= 15 is 0 Å². The topological polar surface area (TPSA) is 57.7 Å². The molecule has 0 atom stereocenters. The number of rotatable bonds is 6. The van der Waals surface area contributed by atoms with E-state index in [9.17, 15) is 4.79 Å². The number of carbonyl (C=O) groups is 1. The molecule has 30 heavy (non-hydrogen) atoms. The Balaban J connectivity index is 1.27. The van der Waals surface area contributed by atoms with Crippen LogP contribution in [0.25, 0.3) is 10.2 Å². The summed E-state index contributed by atoms with van der Waals surface area (Å²) in [6.45, 7) is 9.64. The van der Waals surface area contributed by atoms with E-state index in [0.29, 0.717) is 17.9 Å². The van der Waals surface area contributed by atoms with Crippen molar-refractivity contribution in [2.24, 2.45) is 0 Å². The van der Waals surface area contributed by atoms with Crippen LogP contribution in [0.15, 0.2) is 36.4 Å². The van der Waals surface area contributed by atoms with E-state index in [1.807, 2.05) is 12.1 Å². The maximum absolute atomic E-state index is 12.3. The second-order valence-corrected chi connectivity index (χ2v) is 8.72. The van der Waals surface area contributed by atoms with Crippen molar-refractivity contribution in [2.45, 2.75) is 13.8 Å². The van der Waals surface area contributed by atoms with Crippen molar-refractivity contribution in [3.05, 3.63) is 53.1 Å². The predicted molar refractivity (Wildman–Crippen MR) is 123 cm³/mol. The van der Waals surface area contributed by atoms with Crippen LogP contribution in [-0.2, 0) is 0 Å². The highest BCUT2D eigenvalue weighted by Crippen LogP contribution is 2.32. The first-order valence-corrected chi connectivity index (χ1v) is 11.1. The molecule has 3 aromatic rings. The zero-order valence-electron chi connectivity index (χ0n) is 17.8. The Morgan fingerprint density at radius 1 is 1.17 bits per heavy atom. The number of aromatic nitrogens is 1. The fraction of sp³-hybridized carbons (Fsp3) is 0.391. The van der Waals surface area contributed by atoms with E-state index in [0.717, 1.165) is 43.4 Å². The number of ether oxygens (including phenoxy) is 1. The first kappa shape index (κ1) is 20.6. The quantitative estimate of drug-likeness (QED) is 0.657. The third-order valence-corrected chi connectivity index (χ3v) is 6.76. The molecule has 6 nitrogen and oxygen atoms in total. The second kappa shape index (κ2) is 9.02. The van der Waals surface area contributed by atoms with Gasteiger partial charge >= 0.3 is 0 Å². The van der Waals surface area contributed by atoms with E-state index in [1.54, 1.807) is 30.6 Å².